The molecule has 2 aromatic rings. The summed E-state index contributed by atoms with van der Waals surface area (Å²) in [4.78, 5) is 14.4. The van der Waals surface area contributed by atoms with Gasteiger partial charge in [0, 0.05) is 32.3 Å². The van der Waals surface area contributed by atoms with Gasteiger partial charge >= 0.3 is 0 Å². The van der Waals surface area contributed by atoms with Crippen LogP contribution in [0.5, 0.6) is 0 Å². The molecule has 21 heavy (non-hydrogen) atoms. The van der Waals surface area contributed by atoms with E-state index in [1.807, 2.05) is 37.3 Å². The van der Waals surface area contributed by atoms with E-state index in [0.29, 0.717) is 6.42 Å². The van der Waals surface area contributed by atoms with Gasteiger partial charge in [0.25, 0.3) is 0 Å². The largest absolute Gasteiger partial charge is 0.359 e. The SMILES string of the molecule is Cc1cc([C@@H]2CCCN2C(=O)CCc2cnn(C)c2)on1. The Bertz CT molecular complexity index is 631. The molecule has 3 rings (SSSR count). The lowest BCUT2D eigenvalue weighted by molar-refractivity contribution is -0.132. The van der Waals surface area contributed by atoms with E-state index in [2.05, 4.69) is 10.3 Å². The van der Waals surface area contributed by atoms with Crippen LogP contribution in [0.1, 0.15) is 42.3 Å². The van der Waals surface area contributed by atoms with Gasteiger partial charge in [-0.1, -0.05) is 5.16 Å². The smallest absolute Gasteiger partial charge is 0.223 e. The predicted octanol–water partition coefficient (Wildman–Crippen LogP) is 2.01. The Balaban J connectivity index is 1.63. The third-order valence-corrected chi connectivity index (χ3v) is 3.93. The van der Waals surface area contributed by atoms with Gasteiger partial charge in [-0.15, -0.1) is 0 Å². The van der Waals surface area contributed by atoms with Gasteiger partial charge in [0.2, 0.25) is 5.91 Å². The summed E-state index contributed by atoms with van der Waals surface area (Å²) >= 11 is 0. The molecule has 0 aromatic carbocycles. The maximum atomic E-state index is 12.5. The topological polar surface area (TPSA) is 64.2 Å². The number of carbonyl (C=O) groups excluding carboxylic acids is 1. The molecule has 1 aliphatic rings. The average molecular weight is 288 g/mol. The minimum absolute atomic E-state index is 0.0487. The minimum atomic E-state index is 0.0487. The zero-order chi connectivity index (χ0) is 14.8. The van der Waals surface area contributed by atoms with E-state index in [1.165, 1.54) is 0 Å². The van der Waals surface area contributed by atoms with Crippen LogP contribution in [0, 0.1) is 6.92 Å². The standard InChI is InChI=1S/C15H20N4O2/c1-11-8-14(21-17-11)13-4-3-7-19(13)15(20)6-5-12-9-16-18(2)10-12/h8-10,13H,3-7H2,1-2H3/t13-/m0/s1. The van der Waals surface area contributed by atoms with Crippen molar-refractivity contribution in [3.63, 3.8) is 0 Å². The lowest BCUT2D eigenvalue weighted by Gasteiger charge is -2.22. The highest BCUT2D eigenvalue weighted by Crippen LogP contribution is 2.32. The first kappa shape index (κ1) is 13.9. The quantitative estimate of drug-likeness (QED) is 0.863. The Hall–Kier alpha value is -2.11. The summed E-state index contributed by atoms with van der Waals surface area (Å²) < 4.78 is 7.10. The molecule has 1 aliphatic heterocycles. The van der Waals surface area contributed by atoms with Crippen molar-refractivity contribution in [2.45, 2.75) is 38.6 Å². The van der Waals surface area contributed by atoms with Crippen LogP contribution in [0.15, 0.2) is 23.0 Å². The maximum absolute atomic E-state index is 12.5. The molecule has 6 nitrogen and oxygen atoms in total. The van der Waals surface area contributed by atoms with Crippen molar-refractivity contribution in [1.82, 2.24) is 19.8 Å². The number of likely N-dealkylation sites (tertiary alicyclic amines) is 1. The van der Waals surface area contributed by atoms with Gasteiger partial charge in [-0.3, -0.25) is 9.48 Å². The Morgan fingerprint density at radius 2 is 2.38 bits per heavy atom. The second kappa shape index (κ2) is 5.71. The number of hydrogen-bond donors (Lipinski definition) is 0. The zero-order valence-corrected chi connectivity index (χ0v) is 12.5. The fourth-order valence-electron chi connectivity index (χ4n) is 2.90. The van der Waals surface area contributed by atoms with Crippen molar-refractivity contribution in [3.05, 3.63) is 35.5 Å². The molecule has 0 aliphatic carbocycles. The van der Waals surface area contributed by atoms with Crippen molar-refractivity contribution >= 4 is 5.91 Å². The molecule has 1 amide bonds. The van der Waals surface area contributed by atoms with Crippen molar-refractivity contribution in [2.24, 2.45) is 7.05 Å². The number of rotatable bonds is 4. The van der Waals surface area contributed by atoms with Gasteiger partial charge in [-0.05, 0) is 31.7 Å². The zero-order valence-electron chi connectivity index (χ0n) is 12.5. The first-order valence-corrected chi connectivity index (χ1v) is 7.33. The molecule has 0 spiro atoms. The fraction of sp³-hybridized carbons (Fsp3) is 0.533. The second-order valence-electron chi connectivity index (χ2n) is 5.64. The molecular weight excluding hydrogens is 268 g/mol. The number of nitrogens with zero attached hydrogens (tertiary/aromatic N) is 4. The van der Waals surface area contributed by atoms with Crippen LogP contribution >= 0.6 is 0 Å². The molecule has 112 valence electrons. The average Bonchev–Trinajstić information content (AvgIpc) is 3.16. The molecule has 0 N–H and O–H groups in total. The molecule has 1 atom stereocenters. The van der Waals surface area contributed by atoms with Gasteiger partial charge in [0.1, 0.15) is 0 Å². The Morgan fingerprint density at radius 3 is 3.05 bits per heavy atom. The van der Waals surface area contributed by atoms with Gasteiger partial charge in [-0.2, -0.15) is 5.10 Å². The second-order valence-corrected chi connectivity index (χ2v) is 5.64. The van der Waals surface area contributed by atoms with E-state index in [4.69, 9.17) is 4.52 Å². The van der Waals surface area contributed by atoms with Crippen molar-refractivity contribution in [2.75, 3.05) is 6.54 Å². The lowest BCUT2D eigenvalue weighted by atomic mass is 10.1. The van der Waals surface area contributed by atoms with Gasteiger partial charge in [0.15, 0.2) is 5.76 Å². The van der Waals surface area contributed by atoms with Crippen molar-refractivity contribution < 1.29 is 9.32 Å². The fourth-order valence-corrected chi connectivity index (χ4v) is 2.90. The lowest BCUT2D eigenvalue weighted by Crippen LogP contribution is -2.30. The van der Waals surface area contributed by atoms with Crippen LogP contribution in [0.3, 0.4) is 0 Å². The van der Waals surface area contributed by atoms with Crippen LogP contribution in [0.25, 0.3) is 0 Å². The maximum Gasteiger partial charge on any atom is 0.223 e. The van der Waals surface area contributed by atoms with Crippen LogP contribution in [-0.2, 0) is 18.3 Å². The first-order chi connectivity index (χ1) is 10.1. The van der Waals surface area contributed by atoms with E-state index in [9.17, 15) is 4.79 Å². The summed E-state index contributed by atoms with van der Waals surface area (Å²) in [5.74, 6) is 0.982. The number of amides is 1. The molecule has 3 heterocycles. The number of carbonyl (C=O) groups is 1. The van der Waals surface area contributed by atoms with Gasteiger partial charge < -0.3 is 9.42 Å². The van der Waals surface area contributed by atoms with E-state index in [0.717, 1.165) is 42.8 Å². The van der Waals surface area contributed by atoms with E-state index >= 15 is 0 Å². The first-order valence-electron chi connectivity index (χ1n) is 7.33. The molecule has 0 bridgehead atoms. The highest BCUT2D eigenvalue weighted by atomic mass is 16.5. The Morgan fingerprint density at radius 1 is 1.52 bits per heavy atom. The summed E-state index contributed by atoms with van der Waals surface area (Å²) in [5.41, 5.74) is 1.96. The molecule has 6 heteroatoms. The Labute approximate surface area is 123 Å². The van der Waals surface area contributed by atoms with Crippen LogP contribution in [0.2, 0.25) is 0 Å². The normalized spacial score (nSPS) is 18.4. The van der Waals surface area contributed by atoms with Gasteiger partial charge in [0.05, 0.1) is 17.9 Å². The molecule has 0 saturated carbocycles. The number of hydrogen-bond acceptors (Lipinski definition) is 4. The summed E-state index contributed by atoms with van der Waals surface area (Å²) in [6.45, 7) is 2.70. The van der Waals surface area contributed by atoms with Crippen molar-refractivity contribution in [3.8, 4) is 0 Å². The van der Waals surface area contributed by atoms with Gasteiger partial charge in [-0.25, -0.2) is 0 Å². The van der Waals surface area contributed by atoms with Crippen molar-refractivity contribution in [1.29, 1.82) is 0 Å². The minimum Gasteiger partial charge on any atom is -0.359 e. The van der Waals surface area contributed by atoms with E-state index in [-0.39, 0.29) is 11.9 Å². The highest BCUT2D eigenvalue weighted by molar-refractivity contribution is 5.77. The number of aromatic nitrogens is 3. The third kappa shape index (κ3) is 2.99. The third-order valence-electron chi connectivity index (χ3n) is 3.93. The molecular formula is C15H20N4O2. The van der Waals surface area contributed by atoms with E-state index in [1.54, 1.807) is 4.68 Å². The van der Waals surface area contributed by atoms with Crippen LogP contribution < -0.4 is 0 Å². The summed E-state index contributed by atoms with van der Waals surface area (Å²) in [5, 5.41) is 8.05. The predicted molar refractivity (Wildman–Crippen MR) is 76.5 cm³/mol. The highest BCUT2D eigenvalue weighted by Gasteiger charge is 2.32. The Kier molecular flexibility index (Phi) is 3.77. The summed E-state index contributed by atoms with van der Waals surface area (Å²) in [6, 6.07) is 1.98. The number of aryl methyl sites for hydroxylation is 3. The van der Waals surface area contributed by atoms with E-state index < -0.39 is 0 Å². The molecule has 0 radical (unpaired) electrons. The molecule has 1 saturated heterocycles. The molecule has 1 fully saturated rings. The van der Waals surface area contributed by atoms with Crippen LogP contribution in [-0.4, -0.2) is 32.3 Å². The molecule has 0 unspecified atom stereocenters. The molecule has 2 aromatic heterocycles. The summed E-state index contributed by atoms with van der Waals surface area (Å²) in [7, 11) is 1.88. The summed E-state index contributed by atoms with van der Waals surface area (Å²) in [6.07, 6.45) is 6.97. The monoisotopic (exact) mass is 288 g/mol. The van der Waals surface area contributed by atoms with Crippen LogP contribution in [0.4, 0.5) is 0 Å².